The smallest absolute Gasteiger partial charge is 0.374 e. The van der Waals surface area contributed by atoms with Gasteiger partial charge in [-0.05, 0) is 20.8 Å². The molecule has 0 aromatic rings. The Bertz CT molecular complexity index is 127. The lowest BCUT2D eigenvalue weighted by Gasteiger charge is -2.28. The van der Waals surface area contributed by atoms with E-state index in [0.29, 0.717) is 13.2 Å². The van der Waals surface area contributed by atoms with E-state index in [1.807, 2.05) is 27.7 Å². The number of rotatable bonds is 7. The van der Waals surface area contributed by atoms with Crippen LogP contribution < -0.4 is 0 Å². The molecule has 0 aromatic carbocycles. The molecule has 0 amide bonds. The van der Waals surface area contributed by atoms with Gasteiger partial charge in [0.2, 0.25) is 0 Å². The number of hydrogen-bond donors (Lipinski definition) is 0. The van der Waals surface area contributed by atoms with Crippen LogP contribution in [-0.4, -0.2) is 27.0 Å². The van der Waals surface area contributed by atoms with Crippen LogP contribution in [0.1, 0.15) is 27.7 Å². The highest BCUT2D eigenvalue weighted by Crippen LogP contribution is 2.19. The number of alkyl halides is 1. The Morgan fingerprint density at radius 3 is 1.85 bits per heavy atom. The summed E-state index contributed by atoms with van der Waals surface area (Å²) in [5.41, 5.74) is 0. The summed E-state index contributed by atoms with van der Waals surface area (Å²) in [6.45, 7) is 9.15. The first kappa shape index (κ1) is 13.6. The van der Waals surface area contributed by atoms with E-state index in [0.717, 1.165) is 6.04 Å². The van der Waals surface area contributed by atoms with Crippen molar-refractivity contribution >= 4 is 24.7 Å². The van der Waals surface area contributed by atoms with E-state index in [-0.39, 0.29) is 5.01 Å². The van der Waals surface area contributed by atoms with Crippen LogP contribution >= 0.6 is 15.9 Å². The largest absolute Gasteiger partial charge is 0.501 e. The predicted molar refractivity (Wildman–Crippen MR) is 59.0 cm³/mol. The van der Waals surface area contributed by atoms with Gasteiger partial charge < -0.3 is 13.3 Å². The normalized spacial score (nSPS) is 14.5. The average molecular weight is 271 g/mol. The maximum absolute atomic E-state index is 5.68. The second-order valence-electron chi connectivity index (χ2n) is 2.56. The van der Waals surface area contributed by atoms with E-state index in [1.165, 1.54) is 0 Å². The number of halogens is 1. The summed E-state index contributed by atoms with van der Waals surface area (Å²) in [7, 11) is -2.38. The Morgan fingerprint density at radius 1 is 1.15 bits per heavy atom. The summed E-state index contributed by atoms with van der Waals surface area (Å²) in [6, 6.07) is 0.810. The lowest BCUT2D eigenvalue weighted by atomic mass is 10.9. The van der Waals surface area contributed by atoms with Crippen molar-refractivity contribution in [2.24, 2.45) is 0 Å². The van der Waals surface area contributed by atoms with Gasteiger partial charge in [0.1, 0.15) is 5.01 Å². The van der Waals surface area contributed by atoms with Crippen molar-refractivity contribution in [1.82, 2.24) is 0 Å². The predicted octanol–water partition coefficient (Wildman–Crippen LogP) is 2.78. The molecule has 80 valence electrons. The minimum absolute atomic E-state index is 0.0165. The SMILES string of the molecule is CCO[Si](CC)(OCC)OC(C)Br. The molecule has 0 saturated carbocycles. The third kappa shape index (κ3) is 5.12. The summed E-state index contributed by atoms with van der Waals surface area (Å²) in [4.78, 5) is 0. The van der Waals surface area contributed by atoms with Gasteiger partial charge in [-0.15, -0.1) is 0 Å². The highest BCUT2D eigenvalue weighted by Gasteiger charge is 2.39. The van der Waals surface area contributed by atoms with E-state index < -0.39 is 8.80 Å². The Morgan fingerprint density at radius 2 is 1.62 bits per heavy atom. The molecule has 0 radical (unpaired) electrons. The third-order valence-electron chi connectivity index (χ3n) is 1.50. The van der Waals surface area contributed by atoms with Crippen molar-refractivity contribution in [3.63, 3.8) is 0 Å². The molecule has 0 bridgehead atoms. The quantitative estimate of drug-likeness (QED) is 0.526. The lowest BCUT2D eigenvalue weighted by molar-refractivity contribution is 0.0656. The molecule has 0 rings (SSSR count). The molecule has 0 aliphatic heterocycles. The minimum Gasteiger partial charge on any atom is -0.374 e. The van der Waals surface area contributed by atoms with Crippen LogP contribution in [0.4, 0.5) is 0 Å². The zero-order valence-electron chi connectivity index (χ0n) is 8.80. The van der Waals surface area contributed by atoms with Crippen molar-refractivity contribution in [1.29, 1.82) is 0 Å². The Hall–Kier alpha value is 0.577. The standard InChI is InChI=1S/C8H19BrO3Si/c1-5-10-13(7-3,11-6-2)12-8(4)9/h8H,5-7H2,1-4H3. The van der Waals surface area contributed by atoms with Crippen LogP contribution in [0.2, 0.25) is 6.04 Å². The van der Waals surface area contributed by atoms with Crippen molar-refractivity contribution < 1.29 is 13.3 Å². The van der Waals surface area contributed by atoms with Crippen molar-refractivity contribution in [2.75, 3.05) is 13.2 Å². The second kappa shape index (κ2) is 6.95. The van der Waals surface area contributed by atoms with Crippen LogP contribution in [0, 0.1) is 0 Å². The molecule has 5 heteroatoms. The van der Waals surface area contributed by atoms with Gasteiger partial charge in [0.15, 0.2) is 0 Å². The Labute approximate surface area is 90.3 Å². The van der Waals surface area contributed by atoms with Crippen molar-refractivity contribution in [2.45, 2.75) is 38.8 Å². The zero-order chi connectivity index (χ0) is 10.3. The van der Waals surface area contributed by atoms with Crippen molar-refractivity contribution in [3.05, 3.63) is 0 Å². The first-order valence-electron chi connectivity index (χ1n) is 4.70. The molecule has 13 heavy (non-hydrogen) atoms. The van der Waals surface area contributed by atoms with E-state index in [9.17, 15) is 0 Å². The van der Waals surface area contributed by atoms with Gasteiger partial charge in [0.25, 0.3) is 0 Å². The first-order chi connectivity index (χ1) is 6.10. The van der Waals surface area contributed by atoms with Crippen LogP contribution in [0.5, 0.6) is 0 Å². The van der Waals surface area contributed by atoms with Gasteiger partial charge in [0.05, 0.1) is 0 Å². The van der Waals surface area contributed by atoms with Gasteiger partial charge in [-0.25, -0.2) is 0 Å². The molecule has 0 saturated heterocycles. The maximum Gasteiger partial charge on any atom is 0.501 e. The monoisotopic (exact) mass is 270 g/mol. The summed E-state index contributed by atoms with van der Waals surface area (Å²) in [6.07, 6.45) is 0. The average Bonchev–Trinajstić information content (AvgIpc) is 2.04. The molecule has 0 aromatic heterocycles. The van der Waals surface area contributed by atoms with E-state index in [4.69, 9.17) is 13.3 Å². The molecule has 1 atom stereocenters. The van der Waals surface area contributed by atoms with Crippen LogP contribution in [-0.2, 0) is 13.3 Å². The summed E-state index contributed by atoms with van der Waals surface area (Å²) in [5, 5.41) is -0.0165. The topological polar surface area (TPSA) is 27.7 Å². The molecule has 0 spiro atoms. The summed E-state index contributed by atoms with van der Waals surface area (Å²) < 4.78 is 16.9. The molecule has 0 fully saturated rings. The zero-order valence-corrected chi connectivity index (χ0v) is 11.4. The minimum atomic E-state index is -2.38. The van der Waals surface area contributed by atoms with E-state index in [1.54, 1.807) is 0 Å². The fraction of sp³-hybridized carbons (Fsp3) is 1.00. The molecule has 1 unspecified atom stereocenters. The summed E-state index contributed by atoms with van der Waals surface area (Å²) >= 11 is 3.34. The lowest BCUT2D eigenvalue weighted by Crippen LogP contribution is -2.46. The molecule has 0 aliphatic carbocycles. The van der Waals surface area contributed by atoms with E-state index in [2.05, 4.69) is 15.9 Å². The van der Waals surface area contributed by atoms with Gasteiger partial charge in [-0.1, -0.05) is 22.9 Å². The molecule has 0 aliphatic rings. The van der Waals surface area contributed by atoms with Crippen LogP contribution in [0.25, 0.3) is 0 Å². The molecule has 0 N–H and O–H groups in total. The summed E-state index contributed by atoms with van der Waals surface area (Å²) in [5.74, 6) is 0. The van der Waals surface area contributed by atoms with E-state index >= 15 is 0 Å². The number of hydrogen-bond acceptors (Lipinski definition) is 3. The van der Waals surface area contributed by atoms with Gasteiger partial charge in [0, 0.05) is 19.3 Å². The highest BCUT2D eigenvalue weighted by molar-refractivity contribution is 9.09. The molecule has 0 heterocycles. The second-order valence-corrected chi connectivity index (χ2v) is 6.74. The van der Waals surface area contributed by atoms with Crippen molar-refractivity contribution in [3.8, 4) is 0 Å². The molecular formula is C8H19BrO3Si. The fourth-order valence-corrected chi connectivity index (χ4v) is 4.11. The van der Waals surface area contributed by atoms with Crippen LogP contribution in [0.3, 0.4) is 0 Å². The third-order valence-corrected chi connectivity index (χ3v) is 5.07. The first-order valence-corrected chi connectivity index (χ1v) is 7.54. The molecular weight excluding hydrogens is 252 g/mol. The Kier molecular flexibility index (Phi) is 7.26. The highest BCUT2D eigenvalue weighted by atomic mass is 79.9. The van der Waals surface area contributed by atoms with Crippen LogP contribution in [0.15, 0.2) is 0 Å². The fourth-order valence-electron chi connectivity index (χ4n) is 1.08. The maximum atomic E-state index is 5.68. The Balaban J connectivity index is 4.24. The molecule has 3 nitrogen and oxygen atoms in total. The van der Waals surface area contributed by atoms with Gasteiger partial charge in [-0.2, -0.15) is 0 Å². The van der Waals surface area contributed by atoms with Gasteiger partial charge >= 0.3 is 8.80 Å². The van der Waals surface area contributed by atoms with Gasteiger partial charge in [-0.3, -0.25) is 0 Å².